The first kappa shape index (κ1) is 11.5. The number of aryl methyl sites for hydroxylation is 1. The van der Waals surface area contributed by atoms with Crippen molar-refractivity contribution in [2.24, 2.45) is 0 Å². The number of carbonyl (C=O) groups is 1. The summed E-state index contributed by atoms with van der Waals surface area (Å²) in [5.41, 5.74) is 1.78. The van der Waals surface area contributed by atoms with Gasteiger partial charge < -0.3 is 5.11 Å². The maximum Gasteiger partial charge on any atom is 0.163 e. The molecule has 0 radical (unpaired) electrons. The standard InChI is InChI=1S/C13H16O2/c1-10-6-3-4-8-12(10)13(15)9-5-7-11(2)14/h3-4,6,8,14H,2,5,7,9H2,1H3. The normalized spacial score (nSPS) is 9.93. The molecule has 1 aromatic rings. The van der Waals surface area contributed by atoms with Crippen LogP contribution < -0.4 is 0 Å². The zero-order valence-electron chi connectivity index (χ0n) is 8.99. The molecule has 0 saturated heterocycles. The molecule has 0 aliphatic heterocycles. The quantitative estimate of drug-likeness (QED) is 0.589. The van der Waals surface area contributed by atoms with E-state index in [1.807, 2.05) is 31.2 Å². The lowest BCUT2D eigenvalue weighted by atomic mass is 10.0. The Labute approximate surface area is 90.3 Å². The van der Waals surface area contributed by atoms with E-state index in [9.17, 15) is 4.79 Å². The summed E-state index contributed by atoms with van der Waals surface area (Å²) in [4.78, 5) is 11.7. The third kappa shape index (κ3) is 3.58. The van der Waals surface area contributed by atoms with Crippen molar-refractivity contribution in [1.29, 1.82) is 0 Å². The number of ketones is 1. The lowest BCUT2D eigenvalue weighted by molar-refractivity contribution is 0.0979. The molecule has 1 rings (SSSR count). The van der Waals surface area contributed by atoms with Gasteiger partial charge in [-0.2, -0.15) is 0 Å². The SMILES string of the molecule is C=C(O)CCCC(=O)c1ccccc1C. The Morgan fingerprint density at radius 3 is 2.60 bits per heavy atom. The van der Waals surface area contributed by atoms with Crippen molar-refractivity contribution in [1.82, 2.24) is 0 Å². The molecular weight excluding hydrogens is 188 g/mol. The molecule has 2 nitrogen and oxygen atoms in total. The van der Waals surface area contributed by atoms with Gasteiger partial charge in [-0.15, -0.1) is 0 Å². The van der Waals surface area contributed by atoms with Crippen LogP contribution in [0.5, 0.6) is 0 Å². The minimum absolute atomic E-state index is 0.134. The molecule has 15 heavy (non-hydrogen) atoms. The summed E-state index contributed by atoms with van der Waals surface area (Å²) in [6.07, 6.45) is 1.62. The largest absolute Gasteiger partial charge is 0.513 e. The Bertz CT molecular complexity index is 367. The van der Waals surface area contributed by atoms with E-state index >= 15 is 0 Å². The Morgan fingerprint density at radius 1 is 1.33 bits per heavy atom. The first-order valence-electron chi connectivity index (χ1n) is 5.07. The van der Waals surface area contributed by atoms with Gasteiger partial charge in [0.25, 0.3) is 0 Å². The second-order valence-electron chi connectivity index (χ2n) is 3.66. The highest BCUT2D eigenvalue weighted by molar-refractivity contribution is 5.97. The molecule has 0 aromatic heterocycles. The summed E-state index contributed by atoms with van der Waals surface area (Å²) in [6.45, 7) is 5.32. The lowest BCUT2D eigenvalue weighted by Gasteiger charge is -2.03. The first-order chi connectivity index (χ1) is 7.11. The van der Waals surface area contributed by atoms with Crippen LogP contribution in [-0.4, -0.2) is 10.9 Å². The second-order valence-corrected chi connectivity index (χ2v) is 3.66. The van der Waals surface area contributed by atoms with Crippen LogP contribution in [0.3, 0.4) is 0 Å². The zero-order chi connectivity index (χ0) is 11.3. The van der Waals surface area contributed by atoms with Crippen molar-refractivity contribution in [3.63, 3.8) is 0 Å². The lowest BCUT2D eigenvalue weighted by Crippen LogP contribution is -2.01. The molecule has 0 bridgehead atoms. The van der Waals surface area contributed by atoms with E-state index in [1.165, 1.54) is 0 Å². The van der Waals surface area contributed by atoms with Gasteiger partial charge in [-0.1, -0.05) is 30.8 Å². The topological polar surface area (TPSA) is 37.3 Å². The summed E-state index contributed by atoms with van der Waals surface area (Å²) >= 11 is 0. The van der Waals surface area contributed by atoms with Crippen LogP contribution in [0, 0.1) is 6.92 Å². The Balaban J connectivity index is 2.54. The van der Waals surface area contributed by atoms with Crippen molar-refractivity contribution in [3.05, 3.63) is 47.7 Å². The van der Waals surface area contributed by atoms with Crippen molar-refractivity contribution < 1.29 is 9.90 Å². The van der Waals surface area contributed by atoms with Crippen molar-refractivity contribution in [3.8, 4) is 0 Å². The molecule has 0 saturated carbocycles. The van der Waals surface area contributed by atoms with E-state index < -0.39 is 0 Å². The van der Waals surface area contributed by atoms with Gasteiger partial charge in [0.1, 0.15) is 0 Å². The summed E-state index contributed by atoms with van der Waals surface area (Å²) in [5, 5.41) is 8.88. The van der Waals surface area contributed by atoms with E-state index in [2.05, 4.69) is 6.58 Å². The number of benzene rings is 1. The molecule has 0 amide bonds. The molecule has 0 spiro atoms. The number of hydrogen-bond acceptors (Lipinski definition) is 2. The van der Waals surface area contributed by atoms with E-state index in [0.29, 0.717) is 19.3 Å². The summed E-state index contributed by atoms with van der Waals surface area (Å²) < 4.78 is 0. The molecule has 0 fully saturated rings. The fourth-order valence-electron chi connectivity index (χ4n) is 1.47. The van der Waals surface area contributed by atoms with Crippen LogP contribution in [0.4, 0.5) is 0 Å². The number of rotatable bonds is 5. The molecular formula is C13H16O2. The van der Waals surface area contributed by atoms with E-state index in [1.54, 1.807) is 0 Å². The van der Waals surface area contributed by atoms with Gasteiger partial charge in [0, 0.05) is 18.4 Å². The average molecular weight is 204 g/mol. The van der Waals surface area contributed by atoms with E-state index in [-0.39, 0.29) is 11.5 Å². The number of allylic oxidation sites excluding steroid dienone is 1. The smallest absolute Gasteiger partial charge is 0.163 e. The third-order valence-corrected chi connectivity index (χ3v) is 2.31. The summed E-state index contributed by atoms with van der Waals surface area (Å²) in [6, 6.07) is 7.55. The molecule has 0 aliphatic carbocycles. The van der Waals surface area contributed by atoms with Crippen molar-refractivity contribution >= 4 is 5.78 Å². The van der Waals surface area contributed by atoms with Gasteiger partial charge in [0.2, 0.25) is 0 Å². The van der Waals surface area contributed by atoms with E-state index in [0.717, 1.165) is 11.1 Å². The maximum atomic E-state index is 11.7. The van der Waals surface area contributed by atoms with Crippen LogP contribution in [0.1, 0.15) is 35.2 Å². The number of carbonyl (C=O) groups excluding carboxylic acids is 1. The van der Waals surface area contributed by atoms with Crippen LogP contribution in [-0.2, 0) is 0 Å². The highest BCUT2D eigenvalue weighted by Gasteiger charge is 2.07. The number of Topliss-reactive ketones (excluding diaryl/α,β-unsaturated/α-hetero) is 1. The monoisotopic (exact) mass is 204 g/mol. The minimum atomic E-state index is 0.134. The molecule has 80 valence electrons. The Hall–Kier alpha value is -1.57. The van der Waals surface area contributed by atoms with E-state index in [4.69, 9.17) is 5.11 Å². The minimum Gasteiger partial charge on any atom is -0.513 e. The summed E-state index contributed by atoms with van der Waals surface area (Å²) in [7, 11) is 0. The van der Waals surface area contributed by atoms with Crippen LogP contribution >= 0.6 is 0 Å². The highest BCUT2D eigenvalue weighted by atomic mass is 16.3. The molecule has 2 heteroatoms. The van der Waals surface area contributed by atoms with Gasteiger partial charge in [-0.25, -0.2) is 0 Å². The second kappa shape index (κ2) is 5.35. The van der Waals surface area contributed by atoms with Gasteiger partial charge in [0.15, 0.2) is 5.78 Å². The maximum absolute atomic E-state index is 11.7. The first-order valence-corrected chi connectivity index (χ1v) is 5.07. The van der Waals surface area contributed by atoms with Crippen molar-refractivity contribution in [2.75, 3.05) is 0 Å². The molecule has 1 N–H and O–H groups in total. The average Bonchev–Trinajstić information content (AvgIpc) is 2.17. The third-order valence-electron chi connectivity index (χ3n) is 2.31. The van der Waals surface area contributed by atoms with Gasteiger partial charge in [-0.05, 0) is 18.9 Å². The Kier molecular flexibility index (Phi) is 4.10. The fraction of sp³-hybridized carbons (Fsp3) is 0.308. The summed E-state index contributed by atoms with van der Waals surface area (Å²) in [5.74, 6) is 0.280. The highest BCUT2D eigenvalue weighted by Crippen LogP contribution is 2.12. The van der Waals surface area contributed by atoms with Gasteiger partial charge in [-0.3, -0.25) is 4.79 Å². The molecule has 0 unspecified atom stereocenters. The predicted octanol–water partition coefficient (Wildman–Crippen LogP) is 3.42. The van der Waals surface area contributed by atoms with Gasteiger partial charge in [0.05, 0.1) is 5.76 Å². The molecule has 0 aliphatic rings. The fourth-order valence-corrected chi connectivity index (χ4v) is 1.47. The van der Waals surface area contributed by atoms with Gasteiger partial charge >= 0.3 is 0 Å². The number of aliphatic hydroxyl groups excluding tert-OH is 1. The zero-order valence-corrected chi connectivity index (χ0v) is 8.99. The van der Waals surface area contributed by atoms with Crippen molar-refractivity contribution in [2.45, 2.75) is 26.2 Å². The molecule has 1 aromatic carbocycles. The number of aliphatic hydroxyl groups is 1. The van der Waals surface area contributed by atoms with Crippen LogP contribution in [0.25, 0.3) is 0 Å². The molecule has 0 heterocycles. The predicted molar refractivity (Wildman–Crippen MR) is 61.1 cm³/mol. The molecule has 0 atom stereocenters. The van der Waals surface area contributed by atoms with Crippen LogP contribution in [0.2, 0.25) is 0 Å². The van der Waals surface area contributed by atoms with Crippen LogP contribution in [0.15, 0.2) is 36.6 Å². The number of hydrogen-bond donors (Lipinski definition) is 1. The Morgan fingerprint density at radius 2 is 2.00 bits per heavy atom.